The van der Waals surface area contributed by atoms with Gasteiger partial charge in [0, 0.05) is 0 Å². The number of hydrogen-bond donors (Lipinski definition) is 1. The molecule has 0 bridgehead atoms. The van der Waals surface area contributed by atoms with Gasteiger partial charge in [-0.3, -0.25) is 14.9 Å². The summed E-state index contributed by atoms with van der Waals surface area (Å²) in [6.45, 7) is -0.316. The number of carbonyl (C=O) groups is 3. The number of rotatable bonds is 6. The highest BCUT2D eigenvalue weighted by Crippen LogP contribution is 2.30. The first-order valence-electron chi connectivity index (χ1n) is 8.89. The van der Waals surface area contributed by atoms with E-state index in [1.165, 1.54) is 50.6 Å². The minimum Gasteiger partial charge on any atom is -0.493 e. The molecule has 1 saturated heterocycles. The van der Waals surface area contributed by atoms with Crippen LogP contribution in [0.25, 0.3) is 6.08 Å². The average Bonchev–Trinajstić information content (AvgIpc) is 2.76. The summed E-state index contributed by atoms with van der Waals surface area (Å²) < 4.78 is 29.3. The molecule has 0 saturated carbocycles. The van der Waals surface area contributed by atoms with Crippen molar-refractivity contribution in [2.24, 2.45) is 0 Å². The molecule has 1 N–H and O–H groups in total. The lowest BCUT2D eigenvalue weighted by atomic mass is 10.1. The monoisotopic (exact) mass is 444 g/mol. The number of hydrogen-bond acceptors (Lipinski definition) is 7. The molecule has 1 aliphatic rings. The minimum atomic E-state index is -0.774. The molecule has 2 aromatic rings. The van der Waals surface area contributed by atoms with Gasteiger partial charge in [0.15, 0.2) is 23.2 Å². The molecular formula is C21H17FN2O6S. The van der Waals surface area contributed by atoms with Crippen molar-refractivity contribution >= 4 is 46.9 Å². The number of esters is 1. The van der Waals surface area contributed by atoms with Crippen LogP contribution in [0.4, 0.5) is 10.1 Å². The van der Waals surface area contributed by atoms with Gasteiger partial charge in [-0.25, -0.2) is 14.1 Å². The third kappa shape index (κ3) is 4.69. The second-order valence-electron chi connectivity index (χ2n) is 6.18. The van der Waals surface area contributed by atoms with Crippen molar-refractivity contribution in [1.29, 1.82) is 0 Å². The van der Waals surface area contributed by atoms with Gasteiger partial charge < -0.3 is 14.2 Å². The normalized spacial score (nSPS) is 15.0. The molecule has 0 atom stereocenters. The molecule has 160 valence electrons. The number of methoxy groups -OCH3 is 2. The Bertz CT molecular complexity index is 1100. The molecule has 0 unspecified atom stereocenters. The van der Waals surface area contributed by atoms with Gasteiger partial charge in [0.25, 0.3) is 11.8 Å². The third-order valence-electron chi connectivity index (χ3n) is 4.27. The quantitative estimate of drug-likeness (QED) is 0.316. The van der Waals surface area contributed by atoms with E-state index in [1.807, 2.05) is 0 Å². The SMILES string of the molecule is COC(=O)COc1ccc(/C=C2/C(=O)NC(=S)N(c3ccccc3F)C2=O)cc1OC. The van der Waals surface area contributed by atoms with Crippen LogP contribution >= 0.6 is 12.2 Å². The van der Waals surface area contributed by atoms with Crippen LogP contribution in [-0.4, -0.2) is 43.7 Å². The van der Waals surface area contributed by atoms with Crippen LogP contribution < -0.4 is 19.7 Å². The highest BCUT2D eigenvalue weighted by molar-refractivity contribution is 7.80. The summed E-state index contributed by atoms with van der Waals surface area (Å²) >= 11 is 5.06. The molecule has 31 heavy (non-hydrogen) atoms. The van der Waals surface area contributed by atoms with Gasteiger partial charge in [-0.05, 0) is 48.1 Å². The van der Waals surface area contributed by atoms with E-state index in [-0.39, 0.29) is 34.5 Å². The highest BCUT2D eigenvalue weighted by Gasteiger charge is 2.35. The first-order valence-corrected chi connectivity index (χ1v) is 9.30. The van der Waals surface area contributed by atoms with E-state index in [4.69, 9.17) is 21.7 Å². The van der Waals surface area contributed by atoms with Crippen LogP contribution in [0.15, 0.2) is 48.0 Å². The fourth-order valence-electron chi connectivity index (χ4n) is 2.76. The van der Waals surface area contributed by atoms with Crippen LogP contribution in [0.2, 0.25) is 0 Å². The number of benzene rings is 2. The van der Waals surface area contributed by atoms with Crippen LogP contribution in [0.3, 0.4) is 0 Å². The molecule has 0 aliphatic carbocycles. The molecule has 2 amide bonds. The standard InChI is InChI=1S/C21H17FN2O6S/c1-28-17-10-12(7-8-16(17)30-11-18(25)29-2)9-13-19(26)23-21(31)24(20(13)27)15-6-4-3-5-14(15)22/h3-10H,11H2,1-2H3,(H,23,26,31)/b13-9-. The maximum absolute atomic E-state index is 14.2. The molecule has 0 radical (unpaired) electrons. The van der Waals surface area contributed by atoms with Crippen molar-refractivity contribution < 1.29 is 33.0 Å². The zero-order valence-electron chi connectivity index (χ0n) is 16.5. The van der Waals surface area contributed by atoms with Gasteiger partial charge in [0.2, 0.25) is 0 Å². The predicted molar refractivity (Wildman–Crippen MR) is 113 cm³/mol. The fraction of sp³-hybridized carbons (Fsp3) is 0.143. The number of para-hydroxylation sites is 1. The number of halogens is 1. The molecule has 1 aliphatic heterocycles. The summed E-state index contributed by atoms with van der Waals surface area (Å²) in [6.07, 6.45) is 1.32. The molecule has 1 heterocycles. The largest absolute Gasteiger partial charge is 0.493 e. The van der Waals surface area contributed by atoms with Crippen LogP contribution in [-0.2, 0) is 19.1 Å². The van der Waals surface area contributed by atoms with Crippen LogP contribution in [0, 0.1) is 5.82 Å². The lowest BCUT2D eigenvalue weighted by Crippen LogP contribution is -2.54. The Morgan fingerprint density at radius 1 is 1.16 bits per heavy atom. The second-order valence-corrected chi connectivity index (χ2v) is 6.57. The van der Waals surface area contributed by atoms with Gasteiger partial charge in [0.1, 0.15) is 11.4 Å². The second kappa shape index (κ2) is 9.35. The van der Waals surface area contributed by atoms with Gasteiger partial charge in [0.05, 0.1) is 19.9 Å². The zero-order valence-corrected chi connectivity index (χ0v) is 17.3. The van der Waals surface area contributed by atoms with Gasteiger partial charge in [-0.1, -0.05) is 18.2 Å². The maximum atomic E-state index is 14.2. The van der Waals surface area contributed by atoms with Gasteiger partial charge in [-0.15, -0.1) is 0 Å². The number of carbonyl (C=O) groups excluding carboxylic acids is 3. The Balaban J connectivity index is 1.93. The molecule has 10 heteroatoms. The topological polar surface area (TPSA) is 94.2 Å². The first kappa shape index (κ1) is 21.9. The molecule has 2 aromatic carbocycles. The lowest BCUT2D eigenvalue weighted by Gasteiger charge is -2.29. The van der Waals surface area contributed by atoms with E-state index in [2.05, 4.69) is 10.1 Å². The Morgan fingerprint density at radius 2 is 1.90 bits per heavy atom. The Morgan fingerprint density at radius 3 is 2.58 bits per heavy atom. The molecule has 0 aromatic heterocycles. The number of nitrogens with zero attached hydrogens (tertiary/aromatic N) is 1. The Hall–Kier alpha value is -3.79. The summed E-state index contributed by atoms with van der Waals surface area (Å²) in [7, 11) is 2.63. The van der Waals surface area contributed by atoms with E-state index in [0.717, 1.165) is 4.90 Å². The van der Waals surface area contributed by atoms with E-state index in [1.54, 1.807) is 12.1 Å². The van der Waals surface area contributed by atoms with E-state index in [0.29, 0.717) is 5.56 Å². The summed E-state index contributed by atoms with van der Waals surface area (Å²) in [5.74, 6) is -2.19. The van der Waals surface area contributed by atoms with Crippen molar-refractivity contribution in [3.8, 4) is 11.5 Å². The molecule has 8 nitrogen and oxygen atoms in total. The van der Waals surface area contributed by atoms with Crippen LogP contribution in [0.5, 0.6) is 11.5 Å². The third-order valence-corrected chi connectivity index (χ3v) is 4.55. The average molecular weight is 444 g/mol. The van der Waals surface area contributed by atoms with E-state index < -0.39 is 23.6 Å². The fourth-order valence-corrected chi connectivity index (χ4v) is 3.04. The maximum Gasteiger partial charge on any atom is 0.343 e. The first-order chi connectivity index (χ1) is 14.8. The van der Waals surface area contributed by atoms with Gasteiger partial charge >= 0.3 is 5.97 Å². The molecular weight excluding hydrogens is 427 g/mol. The van der Waals surface area contributed by atoms with Crippen molar-refractivity contribution in [3.63, 3.8) is 0 Å². The summed E-state index contributed by atoms with van der Waals surface area (Å²) in [5.41, 5.74) is 0.108. The van der Waals surface area contributed by atoms with Crippen molar-refractivity contribution in [1.82, 2.24) is 5.32 Å². The number of anilines is 1. The van der Waals surface area contributed by atoms with Crippen molar-refractivity contribution in [3.05, 3.63) is 59.4 Å². The number of nitrogens with one attached hydrogen (secondary N) is 1. The Labute approximate surface area is 182 Å². The predicted octanol–water partition coefficient (Wildman–Crippen LogP) is 2.22. The van der Waals surface area contributed by atoms with E-state index >= 15 is 0 Å². The van der Waals surface area contributed by atoms with Crippen molar-refractivity contribution in [2.75, 3.05) is 25.7 Å². The zero-order chi connectivity index (χ0) is 22.5. The lowest BCUT2D eigenvalue weighted by molar-refractivity contribution is -0.143. The number of ether oxygens (including phenoxy) is 3. The summed E-state index contributed by atoms with van der Waals surface area (Å²) in [5, 5.41) is 2.17. The Kier molecular flexibility index (Phi) is 6.61. The molecule has 0 spiro atoms. The van der Waals surface area contributed by atoms with Crippen LogP contribution in [0.1, 0.15) is 5.56 Å². The van der Waals surface area contributed by atoms with Crippen molar-refractivity contribution in [2.45, 2.75) is 0 Å². The molecule has 3 rings (SSSR count). The molecule has 1 fully saturated rings. The van der Waals surface area contributed by atoms with Gasteiger partial charge in [-0.2, -0.15) is 0 Å². The highest BCUT2D eigenvalue weighted by atomic mass is 32.1. The van der Waals surface area contributed by atoms with E-state index in [9.17, 15) is 18.8 Å². The number of amides is 2. The minimum absolute atomic E-state index is 0.0764. The number of thiocarbonyl (C=S) groups is 1. The summed E-state index contributed by atoms with van der Waals surface area (Å²) in [4.78, 5) is 37.6. The smallest absolute Gasteiger partial charge is 0.343 e. The summed E-state index contributed by atoms with van der Waals surface area (Å²) in [6, 6.07) is 10.2.